The molecule has 2 bridgehead atoms. The van der Waals surface area contributed by atoms with Gasteiger partial charge in [0.25, 0.3) is 0 Å². The van der Waals surface area contributed by atoms with Gasteiger partial charge in [-0.05, 0) is 107 Å². The highest BCUT2D eigenvalue weighted by atomic mass is 16.4. The van der Waals surface area contributed by atoms with Gasteiger partial charge in [0.15, 0.2) is 5.96 Å². The Morgan fingerprint density at radius 3 is 2.63 bits per heavy atom. The lowest BCUT2D eigenvalue weighted by atomic mass is 9.57. The maximum Gasteiger partial charge on any atom is 0.328 e. The Morgan fingerprint density at radius 1 is 1.11 bits per heavy atom. The zero-order valence-electron chi connectivity index (χ0n) is 27.0. The van der Waals surface area contributed by atoms with Gasteiger partial charge >= 0.3 is 5.97 Å². The Kier molecular flexibility index (Phi) is 11.2. The van der Waals surface area contributed by atoms with Crippen LogP contribution in [0.1, 0.15) is 93.2 Å². The smallest absolute Gasteiger partial charge is 0.328 e. The maximum atomic E-state index is 12.1. The minimum absolute atomic E-state index is 0.0664. The number of anilines is 1. The Morgan fingerprint density at radius 2 is 1.91 bits per heavy atom. The number of carbonyl (C=O) groups is 2. The number of nitrogens with zero attached hydrogens (tertiary/aromatic N) is 1. The fourth-order valence-electron chi connectivity index (χ4n) is 8.12. The predicted molar refractivity (Wildman–Crippen MR) is 186 cm³/mol. The first-order valence-corrected chi connectivity index (χ1v) is 16.9. The molecule has 0 radical (unpaired) electrons. The summed E-state index contributed by atoms with van der Waals surface area (Å²) in [6.07, 6.45) is 13.9. The second kappa shape index (κ2) is 15.5. The van der Waals surface area contributed by atoms with E-state index in [1.54, 1.807) is 0 Å². The number of benzene rings is 2. The van der Waals surface area contributed by atoms with Gasteiger partial charge in [-0.25, -0.2) is 9.79 Å². The number of fused-ring (bicyclic) bond motifs is 5. The van der Waals surface area contributed by atoms with E-state index >= 15 is 0 Å². The molecular weight excluding hydrogens is 576 g/mol. The second-order valence-corrected chi connectivity index (χ2v) is 13.3. The van der Waals surface area contributed by atoms with Crippen molar-refractivity contribution in [3.63, 3.8) is 0 Å². The topological polar surface area (TPSA) is 173 Å². The standard InChI is InChI=1S/C37H50N6O3/c1-2-3-6-28(38)7-4-8-29-32-19-25(31-18-24-11-10-23(14-16-44)17-26(24)20-33(29)31)12-13-30(32)36(43-34-9-5-15-41-34)27(21-35(45)46)22-42-37(39)40/h5,9-11,15-18,20-21,25,28-30,32,36,41,43H,2-4,6-8,12-14,19,22,38H2,1H3,(H,45,46)(H4,39,40,42). The molecule has 0 amide bonds. The molecule has 6 unspecified atom stereocenters. The van der Waals surface area contributed by atoms with Crippen molar-refractivity contribution in [2.24, 2.45) is 34.0 Å². The van der Waals surface area contributed by atoms with Gasteiger partial charge in [0.05, 0.1) is 12.6 Å². The summed E-state index contributed by atoms with van der Waals surface area (Å²) in [5.41, 5.74) is 22.5. The van der Waals surface area contributed by atoms with Crippen molar-refractivity contribution >= 4 is 34.8 Å². The van der Waals surface area contributed by atoms with Crippen molar-refractivity contribution in [3.05, 3.63) is 77.0 Å². The van der Waals surface area contributed by atoms with Crippen LogP contribution >= 0.6 is 0 Å². The number of rotatable bonds is 16. The van der Waals surface area contributed by atoms with E-state index in [0.717, 1.165) is 75.5 Å². The van der Waals surface area contributed by atoms with Crippen molar-refractivity contribution in [2.75, 3.05) is 11.9 Å². The zero-order chi connectivity index (χ0) is 32.6. The summed E-state index contributed by atoms with van der Waals surface area (Å²) >= 11 is 0. The molecule has 1 aromatic heterocycles. The highest BCUT2D eigenvalue weighted by Crippen LogP contribution is 2.56. The number of hydrogen-bond acceptors (Lipinski definition) is 5. The number of nitrogens with two attached hydrogens (primary N) is 3. The van der Waals surface area contributed by atoms with Crippen LogP contribution in [0.4, 0.5) is 5.82 Å². The first-order valence-electron chi connectivity index (χ1n) is 16.9. The van der Waals surface area contributed by atoms with E-state index in [2.05, 4.69) is 52.5 Å². The number of carboxylic acid groups (broad SMARTS) is 1. The van der Waals surface area contributed by atoms with Crippen LogP contribution in [-0.2, 0) is 16.0 Å². The van der Waals surface area contributed by atoms with Gasteiger partial charge in [-0.1, -0.05) is 56.5 Å². The first-order chi connectivity index (χ1) is 22.3. The van der Waals surface area contributed by atoms with Gasteiger partial charge in [-0.2, -0.15) is 0 Å². The lowest BCUT2D eigenvalue weighted by molar-refractivity contribution is -0.131. The molecule has 9 N–H and O–H groups in total. The quantitative estimate of drug-likeness (QED) is 0.0492. The molecule has 1 fully saturated rings. The molecule has 1 saturated carbocycles. The largest absolute Gasteiger partial charge is 0.478 e. The Balaban J connectivity index is 1.56. The van der Waals surface area contributed by atoms with E-state index in [1.807, 2.05) is 18.3 Å². The summed E-state index contributed by atoms with van der Waals surface area (Å²) in [5.74, 6) is 0.947. The van der Waals surface area contributed by atoms with E-state index in [-0.39, 0.29) is 36.4 Å². The summed E-state index contributed by atoms with van der Waals surface area (Å²) in [4.78, 5) is 30.9. The summed E-state index contributed by atoms with van der Waals surface area (Å²) < 4.78 is 0. The number of carboxylic acids is 1. The van der Waals surface area contributed by atoms with E-state index in [0.29, 0.717) is 23.8 Å². The molecule has 2 aliphatic carbocycles. The van der Waals surface area contributed by atoms with Crippen LogP contribution in [0.5, 0.6) is 0 Å². The highest BCUT2D eigenvalue weighted by Gasteiger charge is 2.45. The Bertz CT molecular complexity index is 1540. The SMILES string of the molecule is CCCCC(N)CCCC1c2cc3cc(CC=O)ccc3cc2C2CCC(C(Nc3ccc[nH]3)C(=CC(=O)O)CN=C(N)N)C1C2. The van der Waals surface area contributed by atoms with Crippen molar-refractivity contribution in [1.29, 1.82) is 0 Å². The third kappa shape index (κ3) is 7.99. The molecule has 0 spiro atoms. The molecule has 0 aliphatic heterocycles. The summed E-state index contributed by atoms with van der Waals surface area (Å²) in [6.45, 7) is 2.31. The fraction of sp³-hybridized carbons (Fsp3) is 0.486. The third-order valence-corrected chi connectivity index (χ3v) is 10.2. The van der Waals surface area contributed by atoms with Gasteiger partial charge < -0.3 is 37.4 Å². The third-order valence-electron chi connectivity index (χ3n) is 10.2. The average molecular weight is 627 g/mol. The van der Waals surface area contributed by atoms with Crippen molar-refractivity contribution in [1.82, 2.24) is 4.98 Å². The number of aldehydes is 1. The fourth-order valence-corrected chi connectivity index (χ4v) is 8.12. The molecule has 246 valence electrons. The number of aromatic nitrogens is 1. The van der Waals surface area contributed by atoms with Gasteiger partial charge in [-0.3, -0.25) is 0 Å². The lowest BCUT2D eigenvalue weighted by Crippen LogP contribution is -2.44. The first kappa shape index (κ1) is 33.3. The Labute approximate surface area is 272 Å². The van der Waals surface area contributed by atoms with Crippen LogP contribution in [0.25, 0.3) is 10.8 Å². The number of aliphatic carboxylic acids is 1. The molecule has 3 aromatic rings. The summed E-state index contributed by atoms with van der Waals surface area (Å²) in [7, 11) is 0. The second-order valence-electron chi connectivity index (χ2n) is 13.3. The molecule has 5 rings (SSSR count). The highest BCUT2D eigenvalue weighted by molar-refractivity contribution is 5.86. The number of hydrogen-bond donors (Lipinski definition) is 6. The van der Waals surface area contributed by atoms with Gasteiger partial charge in [0.2, 0.25) is 0 Å². The van der Waals surface area contributed by atoms with E-state index < -0.39 is 5.97 Å². The molecule has 46 heavy (non-hydrogen) atoms. The minimum atomic E-state index is -1.02. The molecule has 2 aliphatic rings. The van der Waals surface area contributed by atoms with E-state index in [9.17, 15) is 14.7 Å². The van der Waals surface area contributed by atoms with Gasteiger partial charge in [-0.15, -0.1) is 0 Å². The predicted octanol–water partition coefficient (Wildman–Crippen LogP) is 5.96. The number of aliphatic imine (C=N–C) groups is 1. The van der Waals surface area contributed by atoms with Crippen LogP contribution in [-0.4, -0.2) is 46.9 Å². The normalized spacial score (nSPS) is 22.1. The van der Waals surface area contributed by atoms with Gasteiger partial charge in [0.1, 0.15) is 12.1 Å². The lowest BCUT2D eigenvalue weighted by Gasteiger charge is -2.49. The number of aromatic amines is 1. The maximum absolute atomic E-state index is 12.1. The van der Waals surface area contributed by atoms with E-state index in [1.165, 1.54) is 28.0 Å². The molecule has 1 heterocycles. The average Bonchev–Trinajstić information content (AvgIpc) is 3.55. The van der Waals surface area contributed by atoms with E-state index in [4.69, 9.17) is 17.2 Å². The molecule has 9 nitrogen and oxygen atoms in total. The molecule has 2 aromatic carbocycles. The van der Waals surface area contributed by atoms with Crippen LogP contribution in [0, 0.1) is 11.8 Å². The zero-order valence-corrected chi connectivity index (χ0v) is 27.0. The number of unbranched alkanes of at least 4 members (excludes halogenated alkanes) is 1. The van der Waals surface area contributed by atoms with Crippen LogP contribution in [0.2, 0.25) is 0 Å². The molecule has 0 saturated heterocycles. The monoisotopic (exact) mass is 626 g/mol. The van der Waals surface area contributed by atoms with Crippen LogP contribution in [0.3, 0.4) is 0 Å². The van der Waals surface area contributed by atoms with Crippen molar-refractivity contribution in [2.45, 2.75) is 95.1 Å². The summed E-state index contributed by atoms with van der Waals surface area (Å²) in [6, 6.07) is 14.9. The number of H-pyrrole nitrogens is 1. The van der Waals surface area contributed by atoms with Crippen molar-refractivity contribution < 1.29 is 14.7 Å². The van der Waals surface area contributed by atoms with Crippen molar-refractivity contribution in [3.8, 4) is 0 Å². The van der Waals surface area contributed by atoms with Gasteiger partial charge in [0, 0.05) is 24.7 Å². The number of nitrogens with one attached hydrogen (secondary N) is 2. The van der Waals surface area contributed by atoms with Crippen LogP contribution < -0.4 is 22.5 Å². The number of guanidine groups is 1. The minimum Gasteiger partial charge on any atom is -0.478 e. The van der Waals surface area contributed by atoms with Crippen LogP contribution in [0.15, 0.2) is 65.3 Å². The Hall–Kier alpha value is -4.11. The number of carbonyl (C=O) groups excluding carboxylic acids is 1. The molecule has 6 atom stereocenters. The molecule has 9 heteroatoms. The molecular formula is C37H50N6O3. The summed E-state index contributed by atoms with van der Waals surface area (Å²) in [5, 5.41) is 16.0.